The summed E-state index contributed by atoms with van der Waals surface area (Å²) >= 11 is 6.02. The summed E-state index contributed by atoms with van der Waals surface area (Å²) < 4.78 is 40.1. The number of ether oxygens (including phenoxy) is 2. The van der Waals surface area contributed by atoms with Crippen molar-refractivity contribution in [3.05, 3.63) is 83.4 Å². The molecule has 0 heterocycles. The topological polar surface area (TPSA) is 105 Å². The first-order chi connectivity index (χ1) is 20.0. The third-order valence-corrected chi connectivity index (χ3v) is 8.82. The first-order valence-electron chi connectivity index (χ1n) is 13.7. The van der Waals surface area contributed by atoms with Crippen LogP contribution in [0.4, 0.5) is 5.69 Å². The summed E-state index contributed by atoms with van der Waals surface area (Å²) in [6.07, 6.45) is 0.714. The van der Waals surface area contributed by atoms with Crippen LogP contribution in [-0.2, 0) is 26.2 Å². The normalized spacial score (nSPS) is 12.6. The fraction of sp³-hybridized carbons (Fsp3) is 0.355. The largest absolute Gasteiger partial charge is 0.497 e. The molecule has 2 atom stereocenters. The van der Waals surface area contributed by atoms with Crippen molar-refractivity contribution in [2.24, 2.45) is 0 Å². The number of amides is 2. The second-order valence-electron chi connectivity index (χ2n) is 9.73. The first kappa shape index (κ1) is 32.8. The van der Waals surface area contributed by atoms with Crippen LogP contribution >= 0.6 is 11.6 Å². The van der Waals surface area contributed by atoms with Gasteiger partial charge in [-0.3, -0.25) is 13.9 Å². The summed E-state index contributed by atoms with van der Waals surface area (Å²) in [5.41, 5.74) is 0.943. The van der Waals surface area contributed by atoms with Gasteiger partial charge in [0.25, 0.3) is 10.0 Å². The van der Waals surface area contributed by atoms with Crippen LogP contribution in [0.2, 0.25) is 5.02 Å². The van der Waals surface area contributed by atoms with Crippen LogP contribution in [0, 0.1) is 0 Å². The van der Waals surface area contributed by atoms with E-state index in [0.717, 1.165) is 9.87 Å². The molecule has 0 bridgehead atoms. The van der Waals surface area contributed by atoms with Crippen molar-refractivity contribution >= 4 is 39.1 Å². The SMILES string of the molecule is CCOc1ccccc1N(CC(=O)N(Cc1ccc(OC)cc1)[C@@H](C)C(=O)N[C@H](C)CC)S(=O)(=O)c1ccc(Cl)cc1. The molecule has 0 saturated heterocycles. The molecule has 0 aromatic heterocycles. The molecule has 3 aromatic carbocycles. The van der Waals surface area contributed by atoms with E-state index >= 15 is 0 Å². The van der Waals surface area contributed by atoms with Gasteiger partial charge in [0.2, 0.25) is 11.8 Å². The van der Waals surface area contributed by atoms with Gasteiger partial charge < -0.3 is 19.7 Å². The van der Waals surface area contributed by atoms with Gasteiger partial charge >= 0.3 is 0 Å². The quantitative estimate of drug-likeness (QED) is 0.265. The number of halogens is 1. The maximum Gasteiger partial charge on any atom is 0.264 e. The molecule has 2 amide bonds. The molecule has 1 N–H and O–H groups in total. The Labute approximate surface area is 253 Å². The summed E-state index contributed by atoms with van der Waals surface area (Å²) in [5.74, 6) is 0.0380. The van der Waals surface area contributed by atoms with Crippen molar-refractivity contribution in [1.29, 1.82) is 0 Å². The van der Waals surface area contributed by atoms with E-state index < -0.39 is 28.5 Å². The highest BCUT2D eigenvalue weighted by Crippen LogP contribution is 2.33. The highest BCUT2D eigenvalue weighted by molar-refractivity contribution is 7.92. The minimum atomic E-state index is -4.26. The predicted octanol–water partition coefficient (Wildman–Crippen LogP) is 5.27. The zero-order valence-electron chi connectivity index (χ0n) is 24.5. The maximum atomic E-state index is 14.1. The van der Waals surface area contributed by atoms with E-state index in [2.05, 4.69) is 5.32 Å². The van der Waals surface area contributed by atoms with Crippen LogP contribution in [0.25, 0.3) is 0 Å². The number of benzene rings is 3. The van der Waals surface area contributed by atoms with Gasteiger partial charge in [0.15, 0.2) is 0 Å². The molecule has 0 unspecified atom stereocenters. The Hall–Kier alpha value is -3.76. The number of rotatable bonds is 14. The fourth-order valence-corrected chi connectivity index (χ4v) is 5.71. The molecule has 0 aliphatic rings. The van der Waals surface area contributed by atoms with Gasteiger partial charge in [-0.25, -0.2) is 8.42 Å². The summed E-state index contributed by atoms with van der Waals surface area (Å²) in [5, 5.41) is 3.30. The number of hydrogen-bond acceptors (Lipinski definition) is 6. The standard InChI is InChI=1S/C31H38ClN3O6S/c1-6-22(3)33-31(37)23(4)34(20-24-12-16-26(40-5)17-13-24)30(36)21-35(28-10-8-9-11-29(28)41-7-2)42(38,39)27-18-14-25(32)15-19-27/h8-19,22-23H,6-7,20-21H2,1-5H3,(H,33,37)/t22-,23+/m1/s1. The molecule has 42 heavy (non-hydrogen) atoms. The number of carbonyl (C=O) groups is 2. The highest BCUT2D eigenvalue weighted by atomic mass is 35.5. The lowest BCUT2D eigenvalue weighted by Crippen LogP contribution is -2.52. The lowest BCUT2D eigenvalue weighted by molar-refractivity contribution is -0.139. The van der Waals surface area contributed by atoms with E-state index in [4.69, 9.17) is 21.1 Å². The number of sulfonamides is 1. The van der Waals surface area contributed by atoms with Gasteiger partial charge in [-0.15, -0.1) is 0 Å². The Morgan fingerprint density at radius 3 is 2.19 bits per heavy atom. The average molecular weight is 616 g/mol. The summed E-state index contributed by atoms with van der Waals surface area (Å²) in [7, 11) is -2.70. The molecule has 0 fully saturated rings. The van der Waals surface area contributed by atoms with Gasteiger partial charge in [0.05, 0.1) is 24.3 Å². The zero-order valence-corrected chi connectivity index (χ0v) is 26.1. The molecular formula is C31H38ClN3O6S. The number of methoxy groups -OCH3 is 1. The Morgan fingerprint density at radius 2 is 1.60 bits per heavy atom. The van der Waals surface area contributed by atoms with Gasteiger partial charge in [0, 0.05) is 17.6 Å². The van der Waals surface area contributed by atoms with Gasteiger partial charge in [0.1, 0.15) is 24.1 Å². The van der Waals surface area contributed by atoms with Crippen LogP contribution in [0.5, 0.6) is 11.5 Å². The van der Waals surface area contributed by atoms with Crippen molar-refractivity contribution in [3.63, 3.8) is 0 Å². The van der Waals surface area contributed by atoms with Crippen molar-refractivity contribution < 1.29 is 27.5 Å². The molecule has 3 rings (SSSR count). The summed E-state index contributed by atoms with van der Waals surface area (Å²) in [4.78, 5) is 28.7. The molecule has 3 aromatic rings. The summed E-state index contributed by atoms with van der Waals surface area (Å²) in [6, 6.07) is 18.5. The van der Waals surface area contributed by atoms with E-state index in [-0.39, 0.29) is 35.7 Å². The molecule has 0 aliphatic carbocycles. The fourth-order valence-electron chi connectivity index (χ4n) is 4.16. The van der Waals surface area contributed by atoms with Crippen molar-refractivity contribution in [2.45, 2.75) is 57.6 Å². The number of para-hydroxylation sites is 2. The third kappa shape index (κ3) is 8.17. The van der Waals surface area contributed by atoms with Crippen LogP contribution in [0.15, 0.2) is 77.7 Å². The molecule has 226 valence electrons. The molecule has 0 aliphatic heterocycles. The Morgan fingerprint density at radius 1 is 0.952 bits per heavy atom. The van der Waals surface area contributed by atoms with Crippen LogP contribution < -0.4 is 19.1 Å². The molecular weight excluding hydrogens is 578 g/mol. The van der Waals surface area contributed by atoms with Crippen molar-refractivity contribution in [3.8, 4) is 11.5 Å². The maximum absolute atomic E-state index is 14.1. The predicted molar refractivity (Wildman–Crippen MR) is 164 cm³/mol. The van der Waals surface area contributed by atoms with E-state index in [1.807, 2.05) is 13.8 Å². The van der Waals surface area contributed by atoms with Gasteiger partial charge in [-0.05, 0) is 81.3 Å². The smallest absolute Gasteiger partial charge is 0.264 e. The van der Waals surface area contributed by atoms with Crippen LogP contribution in [0.1, 0.15) is 39.7 Å². The van der Waals surface area contributed by atoms with Gasteiger partial charge in [-0.2, -0.15) is 0 Å². The van der Waals surface area contributed by atoms with E-state index in [1.165, 1.54) is 29.2 Å². The molecule has 0 spiro atoms. The first-order valence-corrected chi connectivity index (χ1v) is 15.6. The number of nitrogens with one attached hydrogen (secondary N) is 1. The van der Waals surface area contributed by atoms with Gasteiger partial charge in [-0.1, -0.05) is 42.8 Å². The van der Waals surface area contributed by atoms with Crippen LogP contribution in [-0.4, -0.2) is 57.5 Å². The van der Waals surface area contributed by atoms with Crippen molar-refractivity contribution in [2.75, 3.05) is 24.6 Å². The highest BCUT2D eigenvalue weighted by Gasteiger charge is 2.34. The molecule has 9 nitrogen and oxygen atoms in total. The van der Waals surface area contributed by atoms with E-state index in [0.29, 0.717) is 22.9 Å². The number of anilines is 1. The Balaban J connectivity index is 2.07. The minimum absolute atomic E-state index is 0.0460. The number of nitrogens with zero attached hydrogens (tertiary/aromatic N) is 2. The molecule has 0 saturated carbocycles. The molecule has 11 heteroatoms. The monoisotopic (exact) mass is 615 g/mol. The second kappa shape index (κ2) is 14.9. The Bertz CT molecular complexity index is 1450. The number of carbonyl (C=O) groups excluding carboxylic acids is 2. The molecule has 0 radical (unpaired) electrons. The second-order valence-corrected chi connectivity index (χ2v) is 12.0. The average Bonchev–Trinajstić information content (AvgIpc) is 2.99. The summed E-state index contributed by atoms with van der Waals surface area (Å²) in [6.45, 7) is 7.03. The van der Waals surface area contributed by atoms with Crippen LogP contribution in [0.3, 0.4) is 0 Å². The minimum Gasteiger partial charge on any atom is -0.497 e. The number of hydrogen-bond donors (Lipinski definition) is 1. The van der Waals surface area contributed by atoms with Crippen molar-refractivity contribution in [1.82, 2.24) is 10.2 Å². The Kier molecular flexibility index (Phi) is 11.6. The lowest BCUT2D eigenvalue weighted by atomic mass is 10.1. The zero-order chi connectivity index (χ0) is 30.9. The third-order valence-electron chi connectivity index (χ3n) is 6.79. The van der Waals surface area contributed by atoms with E-state index in [1.54, 1.807) is 69.5 Å². The lowest BCUT2D eigenvalue weighted by Gasteiger charge is -2.33. The van der Waals surface area contributed by atoms with E-state index in [9.17, 15) is 18.0 Å².